The van der Waals surface area contributed by atoms with Crippen molar-refractivity contribution in [3.63, 3.8) is 0 Å². The summed E-state index contributed by atoms with van der Waals surface area (Å²) in [5.41, 5.74) is 0.698. The summed E-state index contributed by atoms with van der Waals surface area (Å²) >= 11 is 0. The van der Waals surface area contributed by atoms with Gasteiger partial charge in [-0.15, -0.1) is 0 Å². The number of aliphatic hydroxyl groups is 2. The number of fused-ring (bicyclic) bond motifs is 5. The van der Waals surface area contributed by atoms with E-state index in [4.69, 9.17) is 0 Å². The minimum atomic E-state index is -0.0996. The molecule has 0 aromatic carbocycles. The van der Waals surface area contributed by atoms with Crippen molar-refractivity contribution in [3.05, 3.63) is 0 Å². The van der Waals surface area contributed by atoms with E-state index in [0.717, 1.165) is 37.5 Å². The smallest absolute Gasteiger partial charge is 0.0581 e. The van der Waals surface area contributed by atoms with E-state index in [2.05, 4.69) is 13.8 Å². The molecule has 0 aromatic rings. The van der Waals surface area contributed by atoms with Crippen molar-refractivity contribution >= 4 is 0 Å². The average Bonchev–Trinajstić information content (AvgIpc) is 2.80. The molecule has 0 amide bonds. The minimum Gasteiger partial charge on any atom is -0.393 e. The molecule has 0 radical (unpaired) electrons. The summed E-state index contributed by atoms with van der Waals surface area (Å²) in [4.78, 5) is 0. The molecule has 3 unspecified atom stereocenters. The van der Waals surface area contributed by atoms with Crippen LogP contribution >= 0.6 is 0 Å². The summed E-state index contributed by atoms with van der Waals surface area (Å²) < 4.78 is 0. The van der Waals surface area contributed by atoms with E-state index < -0.39 is 0 Å². The van der Waals surface area contributed by atoms with Gasteiger partial charge in [0, 0.05) is 0 Å². The largest absolute Gasteiger partial charge is 0.393 e. The van der Waals surface area contributed by atoms with Crippen LogP contribution in [-0.4, -0.2) is 22.4 Å². The topological polar surface area (TPSA) is 40.5 Å². The predicted molar refractivity (Wildman–Crippen MR) is 83.7 cm³/mol. The third kappa shape index (κ3) is 1.97. The summed E-state index contributed by atoms with van der Waals surface area (Å²) in [7, 11) is 0. The highest BCUT2D eigenvalue weighted by Crippen LogP contribution is 2.66. The Labute approximate surface area is 129 Å². The zero-order valence-electron chi connectivity index (χ0n) is 13.7. The monoisotopic (exact) mass is 292 g/mol. The van der Waals surface area contributed by atoms with Gasteiger partial charge < -0.3 is 10.2 Å². The third-order valence-corrected chi connectivity index (χ3v) is 8.34. The van der Waals surface area contributed by atoms with Crippen molar-refractivity contribution in [2.75, 3.05) is 0 Å². The molecule has 4 fully saturated rings. The fraction of sp³-hybridized carbons (Fsp3) is 1.00. The lowest BCUT2D eigenvalue weighted by atomic mass is 9.44. The van der Waals surface area contributed by atoms with Gasteiger partial charge in [-0.2, -0.15) is 0 Å². The number of rotatable bonds is 0. The van der Waals surface area contributed by atoms with Crippen molar-refractivity contribution in [2.45, 2.75) is 83.8 Å². The van der Waals surface area contributed by atoms with Crippen LogP contribution in [0.5, 0.6) is 0 Å². The van der Waals surface area contributed by atoms with Crippen LogP contribution < -0.4 is 0 Å². The van der Waals surface area contributed by atoms with E-state index in [1.165, 1.54) is 32.1 Å². The van der Waals surface area contributed by atoms with Gasteiger partial charge in [0.25, 0.3) is 0 Å². The first kappa shape index (κ1) is 14.5. The van der Waals surface area contributed by atoms with Crippen molar-refractivity contribution < 1.29 is 10.2 Å². The van der Waals surface area contributed by atoms with Crippen molar-refractivity contribution in [3.8, 4) is 0 Å². The van der Waals surface area contributed by atoms with Crippen molar-refractivity contribution in [1.29, 1.82) is 0 Å². The zero-order chi connectivity index (χ0) is 14.8. The van der Waals surface area contributed by atoms with E-state index in [-0.39, 0.29) is 17.6 Å². The Balaban J connectivity index is 1.67. The molecule has 0 aromatic heterocycles. The van der Waals surface area contributed by atoms with Crippen molar-refractivity contribution in [2.24, 2.45) is 34.5 Å². The second-order valence-corrected chi connectivity index (χ2v) is 9.32. The average molecular weight is 292 g/mol. The van der Waals surface area contributed by atoms with E-state index in [0.29, 0.717) is 17.3 Å². The molecule has 0 heterocycles. The molecule has 21 heavy (non-hydrogen) atoms. The van der Waals surface area contributed by atoms with Crippen LogP contribution in [0.15, 0.2) is 0 Å². The van der Waals surface area contributed by atoms with Crippen LogP contribution in [0.25, 0.3) is 0 Å². The van der Waals surface area contributed by atoms with Gasteiger partial charge in [-0.25, -0.2) is 0 Å². The SMILES string of the molecule is C[C@@]12CCCC1[C@@H]1CCC3C[C@H](O)CC[C@]3(C)C1[C@@H](O)C2. The fourth-order valence-electron chi connectivity index (χ4n) is 7.37. The molecule has 4 aliphatic carbocycles. The van der Waals surface area contributed by atoms with Gasteiger partial charge in [0.1, 0.15) is 0 Å². The lowest BCUT2D eigenvalue weighted by molar-refractivity contribution is -0.171. The van der Waals surface area contributed by atoms with Gasteiger partial charge in [0.15, 0.2) is 0 Å². The number of hydrogen-bond acceptors (Lipinski definition) is 2. The molecule has 4 aliphatic rings. The first-order valence-corrected chi connectivity index (χ1v) is 9.30. The lowest BCUT2D eigenvalue weighted by Crippen LogP contribution is -2.58. The van der Waals surface area contributed by atoms with E-state index in [9.17, 15) is 10.2 Å². The molecule has 120 valence electrons. The van der Waals surface area contributed by atoms with Gasteiger partial charge in [0.05, 0.1) is 12.2 Å². The summed E-state index contributed by atoms with van der Waals surface area (Å²) in [5, 5.41) is 21.1. The van der Waals surface area contributed by atoms with E-state index in [1.807, 2.05) is 0 Å². The number of aliphatic hydroxyl groups excluding tert-OH is 2. The van der Waals surface area contributed by atoms with Crippen molar-refractivity contribution in [1.82, 2.24) is 0 Å². The molecule has 4 saturated carbocycles. The maximum absolute atomic E-state index is 11.0. The van der Waals surface area contributed by atoms with Gasteiger partial charge >= 0.3 is 0 Å². The Morgan fingerprint density at radius 1 is 0.952 bits per heavy atom. The van der Waals surface area contributed by atoms with Gasteiger partial charge in [-0.3, -0.25) is 0 Å². The molecule has 4 rings (SSSR count). The molecule has 8 atom stereocenters. The van der Waals surface area contributed by atoms with Crippen LogP contribution in [0, 0.1) is 34.5 Å². The summed E-state index contributed by atoms with van der Waals surface area (Å²) in [6, 6.07) is 0. The first-order chi connectivity index (χ1) is 9.94. The van der Waals surface area contributed by atoms with Crippen LogP contribution in [0.4, 0.5) is 0 Å². The highest BCUT2D eigenvalue weighted by atomic mass is 16.3. The summed E-state index contributed by atoms with van der Waals surface area (Å²) in [5.74, 6) is 2.75. The molecule has 2 N–H and O–H groups in total. The Kier molecular flexibility index (Phi) is 3.25. The fourth-order valence-corrected chi connectivity index (χ4v) is 7.37. The van der Waals surface area contributed by atoms with Crippen LogP contribution in [0.3, 0.4) is 0 Å². The summed E-state index contributed by atoms with van der Waals surface area (Å²) in [6.45, 7) is 4.89. The third-order valence-electron chi connectivity index (χ3n) is 8.34. The molecular formula is C19H32O2. The Morgan fingerprint density at radius 3 is 2.57 bits per heavy atom. The maximum Gasteiger partial charge on any atom is 0.0581 e. The summed E-state index contributed by atoms with van der Waals surface area (Å²) in [6.07, 6.45) is 10.6. The van der Waals surface area contributed by atoms with Gasteiger partial charge in [-0.1, -0.05) is 20.3 Å². The second kappa shape index (κ2) is 4.71. The molecular weight excluding hydrogens is 260 g/mol. The molecule has 0 spiro atoms. The maximum atomic E-state index is 11.0. The van der Waals surface area contributed by atoms with Crippen LogP contribution in [0.1, 0.15) is 71.6 Å². The Morgan fingerprint density at radius 2 is 1.76 bits per heavy atom. The minimum absolute atomic E-state index is 0.0860. The number of hydrogen-bond donors (Lipinski definition) is 2. The first-order valence-electron chi connectivity index (χ1n) is 9.30. The molecule has 0 bridgehead atoms. The molecule has 0 aliphatic heterocycles. The Hall–Kier alpha value is -0.0800. The van der Waals surface area contributed by atoms with Gasteiger partial charge in [0.2, 0.25) is 0 Å². The van der Waals surface area contributed by atoms with Crippen LogP contribution in [-0.2, 0) is 0 Å². The quantitative estimate of drug-likeness (QED) is 0.714. The van der Waals surface area contributed by atoms with Gasteiger partial charge in [-0.05, 0) is 85.9 Å². The standard InChI is InChI=1S/C19H32O2/c1-18-8-3-4-15(18)14-6-5-12-10-13(20)7-9-19(12,2)17(14)16(21)11-18/h12-17,20-21H,3-11H2,1-2H3/t12?,13-,14+,15?,16+,17?,18+,19+/m1/s1. The van der Waals surface area contributed by atoms with E-state index in [1.54, 1.807) is 0 Å². The normalized spacial score (nSPS) is 60.0. The predicted octanol–water partition coefficient (Wildman–Crippen LogP) is 3.75. The zero-order valence-corrected chi connectivity index (χ0v) is 13.7. The highest BCUT2D eigenvalue weighted by molar-refractivity contribution is 5.10. The molecule has 0 saturated heterocycles. The van der Waals surface area contributed by atoms with Crippen LogP contribution in [0.2, 0.25) is 0 Å². The lowest BCUT2D eigenvalue weighted by Gasteiger charge is -2.61. The Bertz CT molecular complexity index is 422. The molecule has 2 heteroatoms. The second-order valence-electron chi connectivity index (χ2n) is 9.32. The highest BCUT2D eigenvalue weighted by Gasteiger charge is 2.60. The van der Waals surface area contributed by atoms with E-state index >= 15 is 0 Å². The molecule has 2 nitrogen and oxygen atoms in total.